The van der Waals surface area contributed by atoms with Crippen LogP contribution in [0.4, 0.5) is 17.1 Å². The highest BCUT2D eigenvalue weighted by atomic mass is 32.1. The lowest BCUT2D eigenvalue weighted by atomic mass is 9.97. The molecule has 0 fully saturated rings. The lowest BCUT2D eigenvalue weighted by molar-refractivity contribution is 0.672. The van der Waals surface area contributed by atoms with Crippen LogP contribution in [0.2, 0.25) is 0 Å². The van der Waals surface area contributed by atoms with Crippen molar-refractivity contribution in [1.29, 1.82) is 0 Å². The summed E-state index contributed by atoms with van der Waals surface area (Å²) in [6.07, 6.45) is 0. The Kier molecular flexibility index (Phi) is 6.39. The van der Waals surface area contributed by atoms with Crippen molar-refractivity contribution < 1.29 is 4.42 Å². The summed E-state index contributed by atoms with van der Waals surface area (Å²) in [5.74, 6) is 0. The van der Waals surface area contributed by atoms with Crippen molar-refractivity contribution in [2.75, 3.05) is 4.90 Å². The second kappa shape index (κ2) is 11.2. The molecule has 3 heteroatoms. The van der Waals surface area contributed by atoms with Crippen LogP contribution in [0.3, 0.4) is 0 Å². The molecule has 10 rings (SSSR count). The van der Waals surface area contributed by atoms with Crippen LogP contribution in [-0.2, 0) is 0 Å². The third kappa shape index (κ3) is 4.47. The molecule has 0 saturated carbocycles. The van der Waals surface area contributed by atoms with Gasteiger partial charge in [0.15, 0.2) is 0 Å². The summed E-state index contributed by atoms with van der Waals surface area (Å²) in [5.41, 5.74) is 9.74. The van der Waals surface area contributed by atoms with Crippen LogP contribution < -0.4 is 4.90 Å². The third-order valence-corrected chi connectivity index (χ3v) is 10.8. The van der Waals surface area contributed by atoms with Crippen molar-refractivity contribution >= 4 is 81.3 Å². The van der Waals surface area contributed by atoms with Crippen LogP contribution in [0.5, 0.6) is 0 Å². The number of para-hydroxylation sites is 2. The highest BCUT2D eigenvalue weighted by Crippen LogP contribution is 2.49. The summed E-state index contributed by atoms with van der Waals surface area (Å²) in [4.78, 5) is 2.44. The molecule has 0 aliphatic carbocycles. The number of hydrogen-bond acceptors (Lipinski definition) is 3. The Hall–Kier alpha value is -6.16. The van der Waals surface area contributed by atoms with Gasteiger partial charge in [0.25, 0.3) is 0 Å². The fraction of sp³-hybridized carbons (Fsp3) is 0. The van der Waals surface area contributed by atoms with Gasteiger partial charge in [0.05, 0.1) is 22.4 Å². The summed E-state index contributed by atoms with van der Waals surface area (Å²) in [6.45, 7) is 0. The maximum Gasteiger partial charge on any atom is 0.143 e. The quantitative estimate of drug-likeness (QED) is 0.186. The summed E-state index contributed by atoms with van der Waals surface area (Å²) in [6, 6.07) is 63.2. The summed E-state index contributed by atoms with van der Waals surface area (Å²) >= 11 is 1.85. The lowest BCUT2D eigenvalue weighted by Gasteiger charge is -2.30. The van der Waals surface area contributed by atoms with Crippen LogP contribution in [0, 0.1) is 0 Å². The van der Waals surface area contributed by atoms with Gasteiger partial charge in [-0.25, -0.2) is 0 Å². The maximum absolute atomic E-state index is 6.71. The maximum atomic E-state index is 6.71. The second-order valence-electron chi connectivity index (χ2n) is 12.5. The minimum atomic E-state index is 0.870. The Bertz CT molecular complexity index is 2840. The van der Waals surface area contributed by atoms with E-state index in [1.165, 1.54) is 36.7 Å². The van der Waals surface area contributed by atoms with Crippen LogP contribution >= 0.6 is 11.3 Å². The zero-order valence-electron chi connectivity index (χ0n) is 26.5. The molecular formula is C46H29NOS. The molecule has 0 unspecified atom stereocenters. The first-order valence-electron chi connectivity index (χ1n) is 16.6. The van der Waals surface area contributed by atoms with Gasteiger partial charge in [0, 0.05) is 42.1 Å². The Morgan fingerprint density at radius 2 is 1.06 bits per heavy atom. The van der Waals surface area contributed by atoms with Crippen molar-refractivity contribution in [2.45, 2.75) is 0 Å². The van der Waals surface area contributed by atoms with Crippen molar-refractivity contribution in [3.05, 3.63) is 176 Å². The fourth-order valence-corrected chi connectivity index (χ4v) is 8.53. The van der Waals surface area contributed by atoms with Crippen molar-refractivity contribution in [3.8, 4) is 22.3 Å². The standard InChI is InChI=1S/C46H29NOS/c1-2-13-30(14-3-1)33-16-6-9-20-39(33)47(41-22-12-23-42-45(41)37-27-25-31-15-4-5-18-35(31)46(37)48-42)40-21-10-7-17-34(40)32-26-28-44-38(29-32)36-19-8-11-24-43(36)49-44/h1-29H. The monoisotopic (exact) mass is 643 g/mol. The molecule has 0 radical (unpaired) electrons. The van der Waals surface area contributed by atoms with E-state index in [0.29, 0.717) is 0 Å². The molecule has 0 amide bonds. The minimum absolute atomic E-state index is 0.870. The zero-order valence-corrected chi connectivity index (χ0v) is 27.3. The Balaban J connectivity index is 1.28. The van der Waals surface area contributed by atoms with Crippen molar-refractivity contribution in [1.82, 2.24) is 0 Å². The van der Waals surface area contributed by atoms with Crippen LogP contribution in [-0.4, -0.2) is 0 Å². The molecule has 230 valence electrons. The topological polar surface area (TPSA) is 16.4 Å². The molecule has 10 aromatic rings. The molecular weight excluding hydrogens is 615 g/mol. The first kappa shape index (κ1) is 27.9. The highest BCUT2D eigenvalue weighted by Gasteiger charge is 2.24. The van der Waals surface area contributed by atoms with Gasteiger partial charge in [-0.3, -0.25) is 0 Å². The number of benzene rings is 8. The van der Waals surface area contributed by atoms with Gasteiger partial charge in [-0.2, -0.15) is 0 Å². The molecule has 8 aromatic carbocycles. The van der Waals surface area contributed by atoms with E-state index in [1.54, 1.807) is 0 Å². The molecule has 2 heterocycles. The number of thiophene rings is 1. The minimum Gasteiger partial charge on any atom is -0.455 e. The number of rotatable bonds is 5. The van der Waals surface area contributed by atoms with Gasteiger partial charge >= 0.3 is 0 Å². The number of nitrogens with zero attached hydrogens (tertiary/aromatic N) is 1. The first-order valence-corrected chi connectivity index (χ1v) is 17.4. The predicted molar refractivity (Wildman–Crippen MR) is 210 cm³/mol. The molecule has 0 N–H and O–H groups in total. The highest BCUT2D eigenvalue weighted by molar-refractivity contribution is 7.25. The molecule has 2 nitrogen and oxygen atoms in total. The third-order valence-electron chi connectivity index (χ3n) is 9.67. The van der Waals surface area contributed by atoms with E-state index in [1.807, 2.05) is 11.3 Å². The number of furan rings is 1. The van der Waals surface area contributed by atoms with Crippen LogP contribution in [0.25, 0.3) is 75.1 Å². The molecule has 0 aliphatic rings. The SMILES string of the molecule is c1ccc(-c2ccccc2N(c2ccccc2-c2ccc3sc4ccccc4c3c2)c2cccc3oc4c5ccccc5ccc4c23)cc1. The van der Waals surface area contributed by atoms with Crippen molar-refractivity contribution in [3.63, 3.8) is 0 Å². The van der Waals surface area contributed by atoms with E-state index in [-0.39, 0.29) is 0 Å². The van der Waals surface area contributed by atoms with Gasteiger partial charge in [-0.15, -0.1) is 11.3 Å². The van der Waals surface area contributed by atoms with Crippen LogP contribution in [0.1, 0.15) is 0 Å². The molecule has 0 aliphatic heterocycles. The molecule has 0 atom stereocenters. The van der Waals surface area contributed by atoms with E-state index >= 15 is 0 Å². The Labute approximate surface area is 287 Å². The molecule has 49 heavy (non-hydrogen) atoms. The summed E-state index contributed by atoms with van der Waals surface area (Å²) < 4.78 is 9.33. The second-order valence-corrected chi connectivity index (χ2v) is 13.5. The average Bonchev–Trinajstić information content (AvgIpc) is 3.75. The molecule has 0 bridgehead atoms. The number of hydrogen-bond donors (Lipinski definition) is 0. The largest absolute Gasteiger partial charge is 0.455 e. The average molecular weight is 644 g/mol. The van der Waals surface area contributed by atoms with Crippen LogP contribution in [0.15, 0.2) is 180 Å². The number of anilines is 3. The van der Waals surface area contributed by atoms with Gasteiger partial charge in [-0.1, -0.05) is 127 Å². The Morgan fingerprint density at radius 1 is 0.408 bits per heavy atom. The first-order chi connectivity index (χ1) is 24.3. The smallest absolute Gasteiger partial charge is 0.143 e. The normalized spacial score (nSPS) is 11.7. The van der Waals surface area contributed by atoms with E-state index in [9.17, 15) is 0 Å². The zero-order chi connectivity index (χ0) is 32.3. The fourth-order valence-electron chi connectivity index (χ4n) is 7.45. The van der Waals surface area contributed by atoms with Crippen molar-refractivity contribution in [2.24, 2.45) is 0 Å². The molecule has 0 spiro atoms. The van der Waals surface area contributed by atoms with Gasteiger partial charge in [0.1, 0.15) is 11.2 Å². The molecule has 2 aromatic heterocycles. The predicted octanol–water partition coefficient (Wildman–Crippen LogP) is 13.9. The summed E-state index contributed by atoms with van der Waals surface area (Å²) in [7, 11) is 0. The van der Waals surface area contributed by atoms with E-state index in [0.717, 1.165) is 55.5 Å². The lowest BCUT2D eigenvalue weighted by Crippen LogP contribution is -2.12. The summed E-state index contributed by atoms with van der Waals surface area (Å²) in [5, 5.41) is 7.09. The van der Waals surface area contributed by atoms with E-state index < -0.39 is 0 Å². The van der Waals surface area contributed by atoms with E-state index in [4.69, 9.17) is 4.42 Å². The number of fused-ring (bicyclic) bond motifs is 8. The van der Waals surface area contributed by atoms with Gasteiger partial charge < -0.3 is 9.32 Å². The van der Waals surface area contributed by atoms with E-state index in [2.05, 4.69) is 181 Å². The Morgan fingerprint density at radius 3 is 1.90 bits per heavy atom. The van der Waals surface area contributed by atoms with Gasteiger partial charge in [-0.05, 0) is 65.0 Å². The molecule has 0 saturated heterocycles. The van der Waals surface area contributed by atoms with Gasteiger partial charge in [0.2, 0.25) is 0 Å².